The van der Waals surface area contributed by atoms with Gasteiger partial charge in [0.1, 0.15) is 6.61 Å². The normalized spacial score (nSPS) is 35.7. The second-order valence-electron chi connectivity index (χ2n) is 3.02. The SMILES string of the molecule is O=C1OC[C@@H]2CC[C@H](CI)N12. The molecule has 3 nitrogen and oxygen atoms in total. The number of fused-ring (bicyclic) bond motifs is 1. The fourth-order valence-corrected chi connectivity index (χ4v) is 2.68. The molecule has 4 heteroatoms. The molecule has 0 aromatic rings. The highest BCUT2D eigenvalue weighted by molar-refractivity contribution is 14.1. The van der Waals surface area contributed by atoms with E-state index in [2.05, 4.69) is 22.6 Å². The Hall–Kier alpha value is -0.0000000000000000555. The number of hydrogen-bond donors (Lipinski definition) is 0. The summed E-state index contributed by atoms with van der Waals surface area (Å²) in [7, 11) is 0. The molecule has 0 aromatic heterocycles. The Kier molecular flexibility index (Phi) is 1.95. The Balaban J connectivity index is 2.13. The lowest BCUT2D eigenvalue weighted by Crippen LogP contribution is -2.35. The van der Waals surface area contributed by atoms with E-state index in [9.17, 15) is 4.79 Å². The zero-order valence-electron chi connectivity index (χ0n) is 6.12. The number of nitrogens with zero attached hydrogens (tertiary/aromatic N) is 1. The number of alkyl halides is 1. The van der Waals surface area contributed by atoms with Gasteiger partial charge in [-0.3, -0.25) is 4.90 Å². The minimum atomic E-state index is -0.103. The predicted molar refractivity (Wildman–Crippen MR) is 48.9 cm³/mol. The zero-order chi connectivity index (χ0) is 7.84. The van der Waals surface area contributed by atoms with Crippen molar-refractivity contribution in [2.75, 3.05) is 11.0 Å². The summed E-state index contributed by atoms with van der Waals surface area (Å²) in [5, 5.41) is 0. The molecule has 62 valence electrons. The molecule has 2 saturated heterocycles. The first kappa shape index (κ1) is 7.64. The topological polar surface area (TPSA) is 29.5 Å². The second-order valence-corrected chi connectivity index (χ2v) is 3.90. The summed E-state index contributed by atoms with van der Waals surface area (Å²) >= 11 is 2.33. The van der Waals surface area contributed by atoms with E-state index in [1.807, 2.05) is 4.90 Å². The van der Waals surface area contributed by atoms with Gasteiger partial charge in [0.25, 0.3) is 0 Å². The minimum absolute atomic E-state index is 0.103. The van der Waals surface area contributed by atoms with Gasteiger partial charge < -0.3 is 4.74 Å². The first-order valence-electron chi connectivity index (χ1n) is 3.84. The lowest BCUT2D eigenvalue weighted by molar-refractivity contribution is 0.152. The van der Waals surface area contributed by atoms with Gasteiger partial charge in [-0.15, -0.1) is 0 Å². The molecule has 1 amide bonds. The summed E-state index contributed by atoms with van der Waals surface area (Å²) < 4.78 is 5.97. The number of amides is 1. The minimum Gasteiger partial charge on any atom is -0.447 e. The van der Waals surface area contributed by atoms with E-state index >= 15 is 0 Å². The highest BCUT2D eigenvalue weighted by Gasteiger charge is 2.42. The second kappa shape index (κ2) is 2.80. The highest BCUT2D eigenvalue weighted by atomic mass is 127. The van der Waals surface area contributed by atoms with Gasteiger partial charge in [0.15, 0.2) is 0 Å². The van der Waals surface area contributed by atoms with Crippen molar-refractivity contribution in [3.05, 3.63) is 0 Å². The number of rotatable bonds is 1. The lowest BCUT2D eigenvalue weighted by Gasteiger charge is -2.18. The van der Waals surface area contributed by atoms with Crippen LogP contribution in [0.1, 0.15) is 12.8 Å². The summed E-state index contributed by atoms with van der Waals surface area (Å²) in [6, 6.07) is 0.831. The predicted octanol–water partition coefficient (Wildman–Crippen LogP) is 1.40. The van der Waals surface area contributed by atoms with Crippen molar-refractivity contribution >= 4 is 28.7 Å². The largest absolute Gasteiger partial charge is 0.447 e. The van der Waals surface area contributed by atoms with Crippen molar-refractivity contribution in [1.82, 2.24) is 4.90 Å². The molecule has 0 saturated carbocycles. The van der Waals surface area contributed by atoms with Gasteiger partial charge in [-0.2, -0.15) is 0 Å². The molecule has 2 heterocycles. The van der Waals surface area contributed by atoms with Crippen LogP contribution in [0, 0.1) is 0 Å². The Morgan fingerprint density at radius 1 is 1.64 bits per heavy atom. The Labute approximate surface area is 79.2 Å². The van der Waals surface area contributed by atoms with Gasteiger partial charge in [0, 0.05) is 10.5 Å². The summed E-state index contributed by atoms with van der Waals surface area (Å²) in [6.45, 7) is 0.617. The van der Waals surface area contributed by atoms with Crippen LogP contribution in [0.25, 0.3) is 0 Å². The monoisotopic (exact) mass is 267 g/mol. The highest BCUT2D eigenvalue weighted by Crippen LogP contribution is 2.30. The van der Waals surface area contributed by atoms with Crippen molar-refractivity contribution in [2.45, 2.75) is 24.9 Å². The van der Waals surface area contributed by atoms with Crippen LogP contribution in [-0.2, 0) is 4.74 Å². The molecule has 0 bridgehead atoms. The van der Waals surface area contributed by atoms with Crippen LogP contribution < -0.4 is 0 Å². The van der Waals surface area contributed by atoms with Crippen molar-refractivity contribution in [3.8, 4) is 0 Å². The molecule has 2 fully saturated rings. The van der Waals surface area contributed by atoms with Crippen molar-refractivity contribution in [2.24, 2.45) is 0 Å². The third-order valence-electron chi connectivity index (χ3n) is 2.41. The van der Waals surface area contributed by atoms with Crippen molar-refractivity contribution < 1.29 is 9.53 Å². The number of carbonyl (C=O) groups excluding carboxylic acids is 1. The van der Waals surface area contributed by atoms with Crippen LogP contribution in [0.4, 0.5) is 4.79 Å². The van der Waals surface area contributed by atoms with E-state index in [1.165, 1.54) is 0 Å². The maximum Gasteiger partial charge on any atom is 0.410 e. The summed E-state index contributed by atoms with van der Waals surface area (Å²) in [5.74, 6) is 0. The third kappa shape index (κ3) is 1.11. The summed E-state index contributed by atoms with van der Waals surface area (Å²) in [4.78, 5) is 13.0. The zero-order valence-corrected chi connectivity index (χ0v) is 8.28. The average Bonchev–Trinajstić information content (AvgIpc) is 2.54. The molecular formula is C7H10INO2. The van der Waals surface area contributed by atoms with E-state index < -0.39 is 0 Å². The number of halogens is 1. The average molecular weight is 267 g/mol. The van der Waals surface area contributed by atoms with E-state index in [1.54, 1.807) is 0 Å². The van der Waals surface area contributed by atoms with E-state index in [0.717, 1.165) is 17.3 Å². The molecule has 2 aliphatic rings. The molecule has 0 unspecified atom stereocenters. The maximum absolute atomic E-state index is 11.1. The van der Waals surface area contributed by atoms with Crippen LogP contribution in [0.2, 0.25) is 0 Å². The van der Waals surface area contributed by atoms with E-state index in [0.29, 0.717) is 18.7 Å². The molecule has 0 aliphatic carbocycles. The van der Waals surface area contributed by atoms with Gasteiger partial charge in [-0.25, -0.2) is 4.79 Å². The maximum atomic E-state index is 11.1. The van der Waals surface area contributed by atoms with Crippen molar-refractivity contribution in [3.63, 3.8) is 0 Å². The lowest BCUT2D eigenvalue weighted by atomic mass is 10.2. The van der Waals surface area contributed by atoms with Gasteiger partial charge in [-0.05, 0) is 12.8 Å². The first-order chi connectivity index (χ1) is 5.33. The fourth-order valence-electron chi connectivity index (χ4n) is 1.82. The van der Waals surface area contributed by atoms with Crippen LogP contribution in [0.3, 0.4) is 0 Å². The van der Waals surface area contributed by atoms with Gasteiger partial charge in [0.05, 0.1) is 6.04 Å². The number of hydrogen-bond acceptors (Lipinski definition) is 2. The van der Waals surface area contributed by atoms with Crippen LogP contribution in [0.15, 0.2) is 0 Å². The fraction of sp³-hybridized carbons (Fsp3) is 0.857. The summed E-state index contributed by atoms with van der Waals surface area (Å²) in [6.07, 6.45) is 2.18. The third-order valence-corrected chi connectivity index (χ3v) is 3.42. The van der Waals surface area contributed by atoms with Gasteiger partial charge in [0.2, 0.25) is 0 Å². The quantitative estimate of drug-likeness (QED) is 0.531. The smallest absolute Gasteiger partial charge is 0.410 e. The molecule has 0 aromatic carbocycles. The molecule has 0 radical (unpaired) electrons. The standard InChI is InChI=1S/C7H10INO2/c8-3-5-1-2-6-4-11-7(10)9(5)6/h5-6H,1-4H2/t5-,6+/m1/s1. The van der Waals surface area contributed by atoms with Crippen LogP contribution in [0.5, 0.6) is 0 Å². The number of cyclic esters (lactones) is 1. The molecule has 2 atom stereocenters. The van der Waals surface area contributed by atoms with Crippen LogP contribution >= 0.6 is 22.6 Å². The first-order valence-corrected chi connectivity index (χ1v) is 5.36. The van der Waals surface area contributed by atoms with Gasteiger partial charge in [-0.1, -0.05) is 22.6 Å². The van der Waals surface area contributed by atoms with Gasteiger partial charge >= 0.3 is 6.09 Å². The molecular weight excluding hydrogens is 257 g/mol. The molecule has 0 N–H and O–H groups in total. The van der Waals surface area contributed by atoms with Crippen molar-refractivity contribution in [1.29, 1.82) is 0 Å². The molecule has 2 rings (SSSR count). The molecule has 2 aliphatic heterocycles. The Bertz CT molecular complexity index is 185. The number of ether oxygens (including phenoxy) is 1. The van der Waals surface area contributed by atoms with E-state index in [-0.39, 0.29) is 6.09 Å². The molecule has 0 spiro atoms. The van der Waals surface area contributed by atoms with E-state index in [4.69, 9.17) is 4.74 Å². The molecule has 11 heavy (non-hydrogen) atoms. The summed E-state index contributed by atoms with van der Waals surface area (Å²) in [5.41, 5.74) is 0. The van der Waals surface area contributed by atoms with Crippen LogP contribution in [-0.4, -0.2) is 34.1 Å². The Morgan fingerprint density at radius 3 is 3.18 bits per heavy atom. The number of carbonyl (C=O) groups is 1. The Morgan fingerprint density at radius 2 is 2.45 bits per heavy atom.